The lowest BCUT2D eigenvalue weighted by Gasteiger charge is -2.25. The molecule has 8 nitrogen and oxygen atoms in total. The average molecular weight is 567 g/mol. The van der Waals surface area contributed by atoms with E-state index in [9.17, 15) is 14.7 Å². The number of carbonyl (C=O) groups excluding carboxylic acids is 1. The van der Waals surface area contributed by atoms with Gasteiger partial charge in [-0.25, -0.2) is 4.98 Å². The van der Waals surface area contributed by atoms with E-state index in [2.05, 4.69) is 15.6 Å². The quantitative estimate of drug-likeness (QED) is 0.295. The van der Waals surface area contributed by atoms with Crippen LogP contribution in [0.2, 0.25) is 0 Å². The zero-order valence-electron chi connectivity index (χ0n) is 22.8. The van der Waals surface area contributed by atoms with Gasteiger partial charge in [0.05, 0.1) is 17.9 Å². The number of piperidine rings is 1. The van der Waals surface area contributed by atoms with Crippen molar-refractivity contribution in [3.05, 3.63) is 51.8 Å². The molecule has 1 atom stereocenters. The van der Waals surface area contributed by atoms with E-state index in [4.69, 9.17) is 9.72 Å². The first-order valence-electron chi connectivity index (χ1n) is 14.6. The molecule has 2 aromatic heterocycles. The first-order chi connectivity index (χ1) is 19.1. The van der Waals surface area contributed by atoms with Crippen LogP contribution in [0.1, 0.15) is 79.6 Å². The number of halogens is 1. The Balaban J connectivity index is 0.00000323. The van der Waals surface area contributed by atoms with Gasteiger partial charge in [0.2, 0.25) is 0 Å². The fourth-order valence-electron chi connectivity index (χ4n) is 6.07. The van der Waals surface area contributed by atoms with Crippen LogP contribution < -0.4 is 20.9 Å². The molecule has 2 saturated carbocycles. The fourth-order valence-corrected chi connectivity index (χ4v) is 6.07. The molecule has 40 heavy (non-hydrogen) atoms. The second-order valence-corrected chi connectivity index (χ2v) is 11.5. The molecule has 0 radical (unpaired) electrons. The van der Waals surface area contributed by atoms with Gasteiger partial charge in [-0.05, 0) is 92.7 Å². The van der Waals surface area contributed by atoms with Crippen molar-refractivity contribution in [1.82, 2.24) is 20.6 Å². The maximum absolute atomic E-state index is 13.1. The van der Waals surface area contributed by atoms with E-state index >= 15 is 0 Å². The van der Waals surface area contributed by atoms with Crippen LogP contribution in [-0.2, 0) is 0 Å². The number of phenolic OH excluding ortho intramolecular Hbond substituents is 1. The molecule has 1 saturated heterocycles. The van der Waals surface area contributed by atoms with E-state index in [-0.39, 0.29) is 35.5 Å². The zero-order chi connectivity index (χ0) is 26.8. The van der Waals surface area contributed by atoms with Crippen molar-refractivity contribution in [1.29, 1.82) is 0 Å². The van der Waals surface area contributed by atoms with Crippen molar-refractivity contribution in [2.75, 3.05) is 26.2 Å². The second kappa shape index (κ2) is 12.6. The van der Waals surface area contributed by atoms with Crippen LogP contribution in [0.3, 0.4) is 0 Å². The lowest BCUT2D eigenvalue weighted by molar-refractivity contribution is 0.0942. The van der Waals surface area contributed by atoms with Gasteiger partial charge in [-0.2, -0.15) is 0 Å². The highest BCUT2D eigenvalue weighted by atomic mass is 35.5. The molecule has 3 aliphatic rings. The third-order valence-electron chi connectivity index (χ3n) is 8.55. The number of aromatic hydroxyl groups is 1. The van der Waals surface area contributed by atoms with Gasteiger partial charge in [-0.3, -0.25) is 9.59 Å². The van der Waals surface area contributed by atoms with E-state index in [1.165, 1.54) is 32.1 Å². The number of ether oxygens (including phenoxy) is 1. The summed E-state index contributed by atoms with van der Waals surface area (Å²) in [5.41, 5.74) is 2.17. The molecule has 1 aliphatic heterocycles. The molecule has 1 amide bonds. The number of phenols is 1. The van der Waals surface area contributed by atoms with Gasteiger partial charge in [-0.1, -0.05) is 25.3 Å². The Kier molecular flexibility index (Phi) is 8.96. The second-order valence-electron chi connectivity index (χ2n) is 11.5. The van der Waals surface area contributed by atoms with Crippen molar-refractivity contribution in [3.63, 3.8) is 0 Å². The molecule has 3 heterocycles. The van der Waals surface area contributed by atoms with E-state index in [0.717, 1.165) is 49.7 Å². The summed E-state index contributed by atoms with van der Waals surface area (Å²) < 4.78 is 6.11. The normalized spacial score (nSPS) is 19.6. The maximum atomic E-state index is 13.1. The Bertz CT molecular complexity index is 1410. The minimum absolute atomic E-state index is 0. The van der Waals surface area contributed by atoms with Crippen LogP contribution >= 0.6 is 12.4 Å². The monoisotopic (exact) mass is 566 g/mol. The highest BCUT2D eigenvalue weighted by Crippen LogP contribution is 2.41. The summed E-state index contributed by atoms with van der Waals surface area (Å²) in [6.45, 7) is 2.98. The summed E-state index contributed by atoms with van der Waals surface area (Å²) in [6.07, 6.45) is 10.3. The fraction of sp³-hybridized carbons (Fsp3) is 0.516. The number of pyridine rings is 2. The number of aromatic nitrogens is 2. The van der Waals surface area contributed by atoms with Gasteiger partial charge < -0.3 is 25.5 Å². The largest absolute Gasteiger partial charge is 0.507 e. The molecule has 1 unspecified atom stereocenters. The number of aromatic amines is 1. The predicted octanol–water partition coefficient (Wildman–Crippen LogP) is 5.28. The number of hydrogen-bond donors (Lipinski definition) is 4. The van der Waals surface area contributed by atoms with Crippen molar-refractivity contribution in [2.45, 2.75) is 63.7 Å². The lowest BCUT2D eigenvalue weighted by Crippen LogP contribution is -2.34. The highest BCUT2D eigenvalue weighted by Gasteiger charge is 2.26. The van der Waals surface area contributed by atoms with E-state index < -0.39 is 5.56 Å². The number of carbonyl (C=O) groups is 1. The predicted molar refractivity (Wildman–Crippen MR) is 159 cm³/mol. The number of H-pyrrole nitrogens is 1. The smallest absolute Gasteiger partial charge is 0.262 e. The van der Waals surface area contributed by atoms with Crippen molar-refractivity contribution < 1.29 is 14.6 Å². The molecule has 3 fully saturated rings. The zero-order valence-corrected chi connectivity index (χ0v) is 23.7. The summed E-state index contributed by atoms with van der Waals surface area (Å²) in [7, 11) is 0. The topological polar surface area (TPSA) is 116 Å². The van der Waals surface area contributed by atoms with E-state index in [1.54, 1.807) is 18.2 Å². The molecule has 214 valence electrons. The van der Waals surface area contributed by atoms with Gasteiger partial charge in [0.1, 0.15) is 22.7 Å². The number of nitrogens with one attached hydrogen (secondary N) is 3. The third kappa shape index (κ3) is 6.28. The average Bonchev–Trinajstić information content (AvgIpc) is 3.79. The molecule has 6 rings (SSSR count). The third-order valence-corrected chi connectivity index (χ3v) is 8.55. The Morgan fingerprint density at radius 3 is 2.62 bits per heavy atom. The van der Waals surface area contributed by atoms with Gasteiger partial charge in [0, 0.05) is 18.5 Å². The Morgan fingerprint density at radius 1 is 1.05 bits per heavy atom. The minimum atomic E-state index is -0.455. The van der Waals surface area contributed by atoms with E-state index in [0.29, 0.717) is 47.6 Å². The molecule has 4 N–H and O–H groups in total. The van der Waals surface area contributed by atoms with Crippen LogP contribution in [-0.4, -0.2) is 47.2 Å². The molecular formula is C31H39ClN4O4. The summed E-state index contributed by atoms with van der Waals surface area (Å²) >= 11 is 0. The van der Waals surface area contributed by atoms with Crippen LogP contribution in [0.15, 0.2) is 35.1 Å². The SMILES string of the molecule is Cl.O=C(NCC1CCCCC1)c1cc2c(C3CCCNC3)cc(-c3c(O)cccc3OCC3CC3)nc2[nH]c1=O. The van der Waals surface area contributed by atoms with Gasteiger partial charge in [0.15, 0.2) is 0 Å². The van der Waals surface area contributed by atoms with Crippen molar-refractivity contribution in [2.24, 2.45) is 11.8 Å². The van der Waals surface area contributed by atoms with Crippen LogP contribution in [0, 0.1) is 11.8 Å². The minimum Gasteiger partial charge on any atom is -0.507 e. The first kappa shape index (κ1) is 28.4. The molecule has 1 aromatic carbocycles. The Hall–Kier alpha value is -3.10. The molecular weight excluding hydrogens is 528 g/mol. The summed E-state index contributed by atoms with van der Waals surface area (Å²) in [4.78, 5) is 34.0. The lowest BCUT2D eigenvalue weighted by atomic mass is 9.88. The van der Waals surface area contributed by atoms with Crippen LogP contribution in [0.5, 0.6) is 11.5 Å². The number of nitrogens with zero attached hydrogens (tertiary/aromatic N) is 1. The van der Waals surface area contributed by atoms with E-state index in [1.807, 2.05) is 12.1 Å². The highest BCUT2D eigenvalue weighted by molar-refractivity contribution is 5.98. The molecule has 9 heteroatoms. The summed E-state index contributed by atoms with van der Waals surface area (Å²) in [5, 5.41) is 18.1. The molecule has 2 aliphatic carbocycles. The standard InChI is InChI=1S/C31H38N4O4.ClH/c36-26-9-4-10-27(39-18-20-11-12-20)28(26)25-15-22(21-8-5-13-32-17-21)23-14-24(31(38)35-29(23)34-25)30(37)33-16-19-6-2-1-3-7-19;/h4,9-10,14-15,19-21,32,36H,1-3,5-8,11-13,16-18H2,(H,33,37)(H,34,35,38);1H. The Labute approximate surface area is 240 Å². The molecule has 3 aromatic rings. The number of benzene rings is 1. The number of rotatable bonds is 8. The number of fused-ring (bicyclic) bond motifs is 1. The van der Waals surface area contributed by atoms with Crippen LogP contribution in [0.4, 0.5) is 0 Å². The number of amides is 1. The molecule has 0 bridgehead atoms. The Morgan fingerprint density at radius 2 is 1.88 bits per heavy atom. The van der Waals surface area contributed by atoms with Crippen molar-refractivity contribution in [3.8, 4) is 22.8 Å². The maximum Gasteiger partial charge on any atom is 0.262 e. The number of hydrogen-bond acceptors (Lipinski definition) is 6. The molecule has 0 spiro atoms. The van der Waals surface area contributed by atoms with Crippen molar-refractivity contribution >= 4 is 29.3 Å². The van der Waals surface area contributed by atoms with Crippen LogP contribution in [0.25, 0.3) is 22.3 Å². The summed E-state index contributed by atoms with van der Waals surface area (Å²) in [5.74, 6) is 1.56. The van der Waals surface area contributed by atoms with Gasteiger partial charge in [0.25, 0.3) is 11.5 Å². The summed E-state index contributed by atoms with van der Waals surface area (Å²) in [6, 6.07) is 8.97. The first-order valence-corrected chi connectivity index (χ1v) is 14.6. The van der Waals surface area contributed by atoms with Gasteiger partial charge in [-0.15, -0.1) is 12.4 Å². The van der Waals surface area contributed by atoms with Gasteiger partial charge >= 0.3 is 0 Å².